The maximum absolute atomic E-state index is 13.5. The van der Waals surface area contributed by atoms with Crippen LogP contribution < -0.4 is 4.74 Å². The number of hydrogen-bond acceptors (Lipinski definition) is 2. The number of halogens is 1. The van der Waals surface area contributed by atoms with Crippen LogP contribution in [0.15, 0.2) is 67.0 Å². The van der Waals surface area contributed by atoms with Crippen LogP contribution in [-0.2, 0) is 0 Å². The minimum atomic E-state index is -0.406. The zero-order valence-electron chi connectivity index (χ0n) is 14.9. The van der Waals surface area contributed by atoms with Crippen LogP contribution in [0, 0.1) is 12.7 Å². The topological polar surface area (TPSA) is 34.5 Å². The van der Waals surface area contributed by atoms with Gasteiger partial charge in [-0.15, -0.1) is 0 Å². The first-order valence-corrected chi connectivity index (χ1v) is 8.43. The molecular weight excluding hydrogens is 331 g/mol. The molecule has 3 rings (SSSR count). The van der Waals surface area contributed by atoms with Gasteiger partial charge in [0.05, 0.1) is 6.54 Å². The molecule has 0 radical (unpaired) electrons. The summed E-state index contributed by atoms with van der Waals surface area (Å²) in [4.78, 5) is 14.2. The molecule has 0 spiro atoms. The summed E-state index contributed by atoms with van der Waals surface area (Å²) in [6.07, 6.45) is 3.89. The van der Waals surface area contributed by atoms with Gasteiger partial charge in [-0.3, -0.25) is 4.79 Å². The maximum atomic E-state index is 13.5. The molecule has 0 bridgehead atoms. The summed E-state index contributed by atoms with van der Waals surface area (Å²) < 4.78 is 20.9. The second kappa shape index (κ2) is 7.87. The molecule has 0 unspecified atom stereocenters. The average molecular weight is 352 g/mol. The molecule has 0 aliphatic carbocycles. The monoisotopic (exact) mass is 352 g/mol. The van der Waals surface area contributed by atoms with Crippen LogP contribution in [0.25, 0.3) is 5.69 Å². The maximum Gasteiger partial charge on any atom is 0.253 e. The summed E-state index contributed by atoms with van der Waals surface area (Å²) in [5, 5.41) is 0. The van der Waals surface area contributed by atoms with Crippen molar-refractivity contribution in [2.75, 3.05) is 20.2 Å². The van der Waals surface area contributed by atoms with E-state index in [1.165, 1.54) is 6.07 Å². The standard InChI is InChI=1S/C21H21FN2O2/c1-16-9-10-17(15-19(16)24-11-5-6-12-24)21(25)23(2)13-14-26-20-8-4-3-7-18(20)22/h3-12,15H,13-14H2,1-2H3. The lowest BCUT2D eigenvalue weighted by Gasteiger charge is -2.19. The van der Waals surface area contributed by atoms with Crippen molar-refractivity contribution in [1.29, 1.82) is 0 Å². The minimum absolute atomic E-state index is 0.101. The van der Waals surface area contributed by atoms with E-state index in [1.807, 2.05) is 54.2 Å². The fourth-order valence-electron chi connectivity index (χ4n) is 2.69. The van der Waals surface area contributed by atoms with Crippen molar-refractivity contribution in [3.05, 3.63) is 83.9 Å². The van der Waals surface area contributed by atoms with Gasteiger partial charge in [0.25, 0.3) is 5.91 Å². The van der Waals surface area contributed by atoms with Gasteiger partial charge in [0.15, 0.2) is 11.6 Å². The number of aryl methyl sites for hydroxylation is 1. The number of likely N-dealkylation sites (N-methyl/N-ethyl adjacent to an activating group) is 1. The number of carbonyl (C=O) groups is 1. The van der Waals surface area contributed by atoms with Crippen LogP contribution in [-0.4, -0.2) is 35.6 Å². The molecule has 0 fully saturated rings. The van der Waals surface area contributed by atoms with Crippen molar-refractivity contribution in [3.63, 3.8) is 0 Å². The fourth-order valence-corrected chi connectivity index (χ4v) is 2.69. The minimum Gasteiger partial charge on any atom is -0.489 e. The lowest BCUT2D eigenvalue weighted by Crippen LogP contribution is -2.31. The molecule has 1 amide bonds. The lowest BCUT2D eigenvalue weighted by atomic mass is 10.1. The normalized spacial score (nSPS) is 10.6. The highest BCUT2D eigenvalue weighted by atomic mass is 19.1. The van der Waals surface area contributed by atoms with Crippen LogP contribution in [0.5, 0.6) is 5.75 Å². The molecule has 4 nitrogen and oxygen atoms in total. The van der Waals surface area contributed by atoms with Gasteiger partial charge < -0.3 is 14.2 Å². The molecule has 0 saturated carbocycles. The number of aromatic nitrogens is 1. The van der Waals surface area contributed by atoms with Crippen molar-refractivity contribution >= 4 is 5.91 Å². The van der Waals surface area contributed by atoms with E-state index in [1.54, 1.807) is 30.1 Å². The Bertz CT molecular complexity index is 891. The molecule has 0 aliphatic rings. The highest BCUT2D eigenvalue weighted by molar-refractivity contribution is 5.94. The highest BCUT2D eigenvalue weighted by Gasteiger charge is 2.14. The molecule has 0 N–H and O–H groups in total. The Balaban J connectivity index is 1.65. The molecule has 134 valence electrons. The number of para-hydroxylation sites is 1. The fraction of sp³-hybridized carbons (Fsp3) is 0.190. The van der Waals surface area contributed by atoms with Crippen molar-refractivity contribution < 1.29 is 13.9 Å². The molecule has 1 heterocycles. The first-order valence-electron chi connectivity index (χ1n) is 8.43. The van der Waals surface area contributed by atoms with Crippen LogP contribution in [0.2, 0.25) is 0 Å². The number of carbonyl (C=O) groups excluding carboxylic acids is 1. The summed E-state index contributed by atoms with van der Waals surface area (Å²) in [6.45, 7) is 2.59. The van der Waals surface area contributed by atoms with Crippen molar-refractivity contribution in [3.8, 4) is 11.4 Å². The number of hydrogen-bond donors (Lipinski definition) is 0. The smallest absolute Gasteiger partial charge is 0.253 e. The number of nitrogens with zero attached hydrogens (tertiary/aromatic N) is 2. The van der Waals surface area contributed by atoms with Gasteiger partial charge in [0.2, 0.25) is 0 Å². The molecule has 2 aromatic carbocycles. The molecule has 1 aromatic heterocycles. The van der Waals surface area contributed by atoms with Gasteiger partial charge in [-0.25, -0.2) is 4.39 Å². The number of benzene rings is 2. The molecule has 0 atom stereocenters. The van der Waals surface area contributed by atoms with Crippen molar-refractivity contribution in [2.24, 2.45) is 0 Å². The van der Waals surface area contributed by atoms with E-state index >= 15 is 0 Å². The Morgan fingerprint density at radius 3 is 2.58 bits per heavy atom. The quantitative estimate of drug-likeness (QED) is 0.670. The summed E-state index contributed by atoms with van der Waals surface area (Å²) in [5.74, 6) is -0.314. The predicted octanol–water partition coefficient (Wildman–Crippen LogP) is 4.08. The number of ether oxygens (including phenoxy) is 1. The summed E-state index contributed by atoms with van der Waals surface area (Å²) >= 11 is 0. The second-order valence-corrected chi connectivity index (χ2v) is 6.10. The molecule has 26 heavy (non-hydrogen) atoms. The molecule has 5 heteroatoms. The van der Waals surface area contributed by atoms with Crippen molar-refractivity contribution in [2.45, 2.75) is 6.92 Å². The second-order valence-electron chi connectivity index (χ2n) is 6.10. The Kier molecular flexibility index (Phi) is 5.37. The Morgan fingerprint density at radius 1 is 1.12 bits per heavy atom. The molecule has 0 saturated heterocycles. The predicted molar refractivity (Wildman–Crippen MR) is 99.4 cm³/mol. The van der Waals surface area contributed by atoms with Crippen LogP contribution >= 0.6 is 0 Å². The highest BCUT2D eigenvalue weighted by Crippen LogP contribution is 2.18. The first-order chi connectivity index (χ1) is 12.6. The van der Waals surface area contributed by atoms with E-state index < -0.39 is 5.82 Å². The Hall–Kier alpha value is -3.08. The summed E-state index contributed by atoms with van der Waals surface area (Å²) in [7, 11) is 1.71. The van der Waals surface area contributed by atoms with E-state index in [9.17, 15) is 9.18 Å². The zero-order chi connectivity index (χ0) is 18.5. The van der Waals surface area contributed by atoms with Gasteiger partial charge in [0.1, 0.15) is 6.61 Å². The molecule has 3 aromatic rings. The summed E-state index contributed by atoms with van der Waals surface area (Å²) in [6, 6.07) is 15.8. The SMILES string of the molecule is Cc1ccc(C(=O)N(C)CCOc2ccccc2F)cc1-n1cccc1. The van der Waals surface area contributed by atoms with Crippen molar-refractivity contribution in [1.82, 2.24) is 9.47 Å². The van der Waals surface area contributed by atoms with Crippen LogP contribution in [0.4, 0.5) is 4.39 Å². The number of rotatable bonds is 6. The third-order valence-corrected chi connectivity index (χ3v) is 4.21. The molecular formula is C21H21FN2O2. The lowest BCUT2D eigenvalue weighted by molar-refractivity contribution is 0.0773. The Labute approximate surface area is 152 Å². The average Bonchev–Trinajstić information content (AvgIpc) is 3.17. The van der Waals surface area contributed by atoms with Crippen LogP contribution in [0.1, 0.15) is 15.9 Å². The first kappa shape index (κ1) is 17.7. The zero-order valence-corrected chi connectivity index (χ0v) is 14.9. The van der Waals surface area contributed by atoms with E-state index in [4.69, 9.17) is 4.74 Å². The van der Waals surface area contributed by atoms with Gasteiger partial charge in [-0.2, -0.15) is 0 Å². The third kappa shape index (κ3) is 3.94. The van der Waals surface area contributed by atoms with E-state index in [0.29, 0.717) is 12.1 Å². The van der Waals surface area contributed by atoms with Gasteiger partial charge >= 0.3 is 0 Å². The Morgan fingerprint density at radius 2 is 1.85 bits per heavy atom. The van der Waals surface area contributed by atoms with Gasteiger partial charge in [-0.05, 0) is 48.9 Å². The van der Waals surface area contributed by atoms with E-state index in [2.05, 4.69) is 0 Å². The van der Waals surface area contributed by atoms with Gasteiger partial charge in [0, 0.05) is 30.7 Å². The largest absolute Gasteiger partial charge is 0.489 e. The van der Waals surface area contributed by atoms with Gasteiger partial charge in [-0.1, -0.05) is 18.2 Å². The number of amides is 1. The summed E-state index contributed by atoms with van der Waals surface area (Å²) in [5.41, 5.74) is 2.66. The molecule has 0 aliphatic heterocycles. The third-order valence-electron chi connectivity index (χ3n) is 4.21. The van der Waals surface area contributed by atoms with E-state index in [0.717, 1.165) is 11.3 Å². The van der Waals surface area contributed by atoms with E-state index in [-0.39, 0.29) is 18.3 Å². The van der Waals surface area contributed by atoms with Crippen LogP contribution in [0.3, 0.4) is 0 Å².